The van der Waals surface area contributed by atoms with Crippen molar-refractivity contribution in [2.75, 3.05) is 12.4 Å². The molecule has 0 radical (unpaired) electrons. The van der Waals surface area contributed by atoms with Crippen LogP contribution in [0.3, 0.4) is 0 Å². The first-order valence-corrected chi connectivity index (χ1v) is 8.24. The fraction of sp³-hybridized carbons (Fsp3) is 0.500. The first kappa shape index (κ1) is 15.6. The van der Waals surface area contributed by atoms with E-state index < -0.39 is 10.0 Å². The van der Waals surface area contributed by atoms with E-state index in [-0.39, 0.29) is 11.7 Å². The Labute approximate surface area is 117 Å². The molecule has 18 heavy (non-hydrogen) atoms. The Bertz CT molecular complexity index is 476. The molecule has 0 fully saturated rings. The van der Waals surface area contributed by atoms with Gasteiger partial charge in [0.1, 0.15) is 0 Å². The molecule has 0 saturated carbocycles. The van der Waals surface area contributed by atoms with Crippen LogP contribution in [0.5, 0.6) is 0 Å². The SMILES string of the molecule is CCC(COCc1cccc(Br)c1)CS(N)(=O)=O. The maximum Gasteiger partial charge on any atom is 0.209 e. The summed E-state index contributed by atoms with van der Waals surface area (Å²) >= 11 is 3.39. The van der Waals surface area contributed by atoms with E-state index in [2.05, 4.69) is 15.9 Å². The molecule has 0 aromatic heterocycles. The molecule has 0 amide bonds. The van der Waals surface area contributed by atoms with Crippen LogP contribution in [0, 0.1) is 5.92 Å². The van der Waals surface area contributed by atoms with Gasteiger partial charge in [0, 0.05) is 4.47 Å². The van der Waals surface area contributed by atoms with Gasteiger partial charge in [-0.2, -0.15) is 0 Å². The zero-order chi connectivity index (χ0) is 13.6. The molecule has 1 aromatic carbocycles. The molecule has 6 heteroatoms. The second kappa shape index (κ2) is 7.23. The molecule has 4 nitrogen and oxygen atoms in total. The predicted octanol–water partition coefficient (Wildman–Crippen LogP) is 2.28. The van der Waals surface area contributed by atoms with Crippen LogP contribution in [0.4, 0.5) is 0 Å². The van der Waals surface area contributed by atoms with Gasteiger partial charge in [0.05, 0.1) is 19.0 Å². The van der Waals surface area contributed by atoms with Crippen LogP contribution in [0.25, 0.3) is 0 Å². The highest BCUT2D eigenvalue weighted by Crippen LogP contribution is 2.13. The van der Waals surface area contributed by atoms with Crippen molar-refractivity contribution >= 4 is 26.0 Å². The Hall–Kier alpha value is -0.430. The highest BCUT2D eigenvalue weighted by molar-refractivity contribution is 9.10. The number of rotatable bonds is 7. The highest BCUT2D eigenvalue weighted by Gasteiger charge is 2.14. The Morgan fingerprint density at radius 2 is 2.17 bits per heavy atom. The van der Waals surface area contributed by atoms with E-state index in [0.717, 1.165) is 16.5 Å². The number of ether oxygens (including phenoxy) is 1. The Morgan fingerprint density at radius 1 is 1.44 bits per heavy atom. The molecule has 0 heterocycles. The number of hydrogen-bond donors (Lipinski definition) is 1. The molecular weight excluding hydrogens is 318 g/mol. The number of hydrogen-bond acceptors (Lipinski definition) is 3. The number of halogens is 1. The van der Waals surface area contributed by atoms with Gasteiger partial charge in [0.25, 0.3) is 0 Å². The molecule has 1 atom stereocenters. The van der Waals surface area contributed by atoms with E-state index in [4.69, 9.17) is 9.88 Å². The summed E-state index contributed by atoms with van der Waals surface area (Å²) in [5, 5.41) is 5.03. The van der Waals surface area contributed by atoms with Gasteiger partial charge in [0.15, 0.2) is 0 Å². The van der Waals surface area contributed by atoms with E-state index in [1.165, 1.54) is 0 Å². The van der Waals surface area contributed by atoms with Crippen molar-refractivity contribution in [2.45, 2.75) is 20.0 Å². The van der Waals surface area contributed by atoms with E-state index in [1.54, 1.807) is 0 Å². The van der Waals surface area contributed by atoms with Crippen molar-refractivity contribution in [2.24, 2.45) is 11.1 Å². The molecular formula is C12H18BrNO3S. The van der Waals surface area contributed by atoms with Crippen LogP contribution in [0.2, 0.25) is 0 Å². The fourth-order valence-corrected chi connectivity index (χ4v) is 3.02. The van der Waals surface area contributed by atoms with Crippen molar-refractivity contribution in [3.05, 3.63) is 34.3 Å². The summed E-state index contributed by atoms with van der Waals surface area (Å²) in [7, 11) is -3.42. The second-order valence-electron chi connectivity index (χ2n) is 4.25. The van der Waals surface area contributed by atoms with Crippen molar-refractivity contribution < 1.29 is 13.2 Å². The van der Waals surface area contributed by atoms with Gasteiger partial charge in [-0.15, -0.1) is 0 Å². The number of nitrogens with two attached hydrogens (primary N) is 1. The highest BCUT2D eigenvalue weighted by atomic mass is 79.9. The van der Waals surface area contributed by atoms with Gasteiger partial charge in [-0.05, 0) is 23.6 Å². The van der Waals surface area contributed by atoms with Crippen LogP contribution < -0.4 is 5.14 Å². The molecule has 0 aliphatic heterocycles. The molecule has 0 spiro atoms. The minimum absolute atomic E-state index is 0.0258. The third-order valence-corrected chi connectivity index (χ3v) is 3.99. The summed E-state index contributed by atoms with van der Waals surface area (Å²) in [6.07, 6.45) is 0.731. The van der Waals surface area contributed by atoms with Crippen LogP contribution in [0.1, 0.15) is 18.9 Å². The molecule has 0 aliphatic rings. The van der Waals surface area contributed by atoms with Gasteiger partial charge < -0.3 is 4.74 Å². The van der Waals surface area contributed by atoms with E-state index >= 15 is 0 Å². The summed E-state index contributed by atoms with van der Waals surface area (Å²) in [6, 6.07) is 7.82. The molecule has 2 N–H and O–H groups in total. The van der Waals surface area contributed by atoms with Crippen LogP contribution >= 0.6 is 15.9 Å². The van der Waals surface area contributed by atoms with E-state index in [0.29, 0.717) is 13.2 Å². The lowest BCUT2D eigenvalue weighted by molar-refractivity contribution is 0.0918. The Balaban J connectivity index is 2.40. The zero-order valence-electron chi connectivity index (χ0n) is 10.3. The number of primary sulfonamides is 1. The molecule has 0 bridgehead atoms. The third-order valence-electron chi connectivity index (χ3n) is 2.56. The average Bonchev–Trinajstić information content (AvgIpc) is 2.26. The standard InChI is InChI=1S/C12H18BrNO3S/c1-2-10(9-18(14,15)16)7-17-8-11-4-3-5-12(13)6-11/h3-6,10H,2,7-9H2,1H3,(H2,14,15,16). The predicted molar refractivity (Wildman–Crippen MR) is 75.6 cm³/mol. The van der Waals surface area contributed by atoms with Crippen LogP contribution in [-0.2, 0) is 21.4 Å². The second-order valence-corrected chi connectivity index (χ2v) is 6.82. The van der Waals surface area contributed by atoms with Gasteiger partial charge in [-0.25, -0.2) is 13.6 Å². The molecule has 1 rings (SSSR count). The van der Waals surface area contributed by atoms with E-state index in [1.807, 2.05) is 31.2 Å². The van der Waals surface area contributed by atoms with E-state index in [9.17, 15) is 8.42 Å². The van der Waals surface area contributed by atoms with Gasteiger partial charge in [-0.3, -0.25) is 0 Å². The minimum atomic E-state index is -3.42. The quantitative estimate of drug-likeness (QED) is 0.830. The summed E-state index contributed by atoms with van der Waals surface area (Å²) in [6.45, 7) is 2.80. The maximum atomic E-state index is 11.0. The smallest absolute Gasteiger partial charge is 0.209 e. The van der Waals surface area contributed by atoms with Gasteiger partial charge in [-0.1, -0.05) is 41.4 Å². The zero-order valence-corrected chi connectivity index (χ0v) is 12.7. The first-order valence-electron chi connectivity index (χ1n) is 5.73. The van der Waals surface area contributed by atoms with Crippen LogP contribution in [0.15, 0.2) is 28.7 Å². The normalized spacial score (nSPS) is 13.5. The lowest BCUT2D eigenvalue weighted by Crippen LogP contribution is -2.25. The van der Waals surface area contributed by atoms with Gasteiger partial charge >= 0.3 is 0 Å². The summed E-state index contributed by atoms with van der Waals surface area (Å²) < 4.78 is 28.5. The lowest BCUT2D eigenvalue weighted by atomic mass is 10.1. The first-order chi connectivity index (χ1) is 8.40. The summed E-state index contributed by atoms with van der Waals surface area (Å²) in [5.74, 6) is -0.0747. The summed E-state index contributed by atoms with van der Waals surface area (Å²) in [4.78, 5) is 0. The molecule has 1 aromatic rings. The fourth-order valence-electron chi connectivity index (χ4n) is 1.58. The third kappa shape index (κ3) is 6.49. The Kier molecular flexibility index (Phi) is 6.28. The maximum absolute atomic E-state index is 11.0. The van der Waals surface area contributed by atoms with Crippen molar-refractivity contribution in [3.8, 4) is 0 Å². The molecule has 0 aliphatic carbocycles. The minimum Gasteiger partial charge on any atom is -0.376 e. The monoisotopic (exact) mass is 335 g/mol. The largest absolute Gasteiger partial charge is 0.376 e. The lowest BCUT2D eigenvalue weighted by Gasteiger charge is -2.13. The molecule has 102 valence electrons. The number of sulfonamides is 1. The van der Waals surface area contributed by atoms with Crippen molar-refractivity contribution in [1.82, 2.24) is 0 Å². The van der Waals surface area contributed by atoms with Crippen molar-refractivity contribution in [1.29, 1.82) is 0 Å². The van der Waals surface area contributed by atoms with Crippen molar-refractivity contribution in [3.63, 3.8) is 0 Å². The Morgan fingerprint density at radius 3 is 2.72 bits per heavy atom. The topological polar surface area (TPSA) is 69.4 Å². The number of benzene rings is 1. The van der Waals surface area contributed by atoms with Crippen LogP contribution in [-0.4, -0.2) is 20.8 Å². The summed E-state index contributed by atoms with van der Waals surface area (Å²) in [5.41, 5.74) is 1.05. The molecule has 1 unspecified atom stereocenters. The molecule has 0 saturated heterocycles. The average molecular weight is 336 g/mol. The van der Waals surface area contributed by atoms with Gasteiger partial charge in [0.2, 0.25) is 10.0 Å².